The number of hydrogen-bond acceptors (Lipinski definition) is 4. The van der Waals surface area contributed by atoms with E-state index in [1.54, 1.807) is 7.05 Å². The molecular formula is C8H10NO4S-. The number of rotatable bonds is 3. The largest absolute Gasteiger partial charge is 0.748 e. The van der Waals surface area contributed by atoms with E-state index in [0.29, 0.717) is 11.4 Å². The predicted octanol–water partition coefficient (Wildman–Crippen LogP) is 0.273. The van der Waals surface area contributed by atoms with Gasteiger partial charge in [0, 0.05) is 19.7 Å². The lowest BCUT2D eigenvalue weighted by molar-refractivity contribution is 0.101. The maximum atomic E-state index is 11.0. The standard InChI is InChI=1S/C8H11NO4S/c1-6(10)8-4-3-7(9(8)2)5-14(11,12)13/h3-4H,5H2,1-2H3,(H,11,12,13)/p-1. The highest BCUT2D eigenvalue weighted by Crippen LogP contribution is 2.10. The number of Topliss-reactive ketones (excluding diaryl/α,β-unsaturated/α-hetero) is 1. The molecule has 0 aliphatic heterocycles. The Hall–Kier alpha value is -1.14. The average Bonchev–Trinajstić information content (AvgIpc) is 2.29. The molecule has 0 saturated carbocycles. The van der Waals surface area contributed by atoms with Gasteiger partial charge in [-0.1, -0.05) is 0 Å². The molecule has 1 aromatic rings. The minimum Gasteiger partial charge on any atom is -0.748 e. The average molecular weight is 216 g/mol. The summed E-state index contributed by atoms with van der Waals surface area (Å²) in [7, 11) is -2.74. The van der Waals surface area contributed by atoms with Crippen LogP contribution in [0, 0.1) is 0 Å². The highest BCUT2D eigenvalue weighted by atomic mass is 32.2. The summed E-state index contributed by atoms with van der Waals surface area (Å²) in [4.78, 5) is 11.0. The number of hydrogen-bond donors (Lipinski definition) is 0. The summed E-state index contributed by atoms with van der Waals surface area (Å²) in [6.45, 7) is 1.38. The Bertz CT molecular complexity index is 458. The predicted molar refractivity (Wildman–Crippen MR) is 48.8 cm³/mol. The molecule has 1 heterocycles. The van der Waals surface area contributed by atoms with Crippen LogP contribution < -0.4 is 0 Å². The van der Waals surface area contributed by atoms with Crippen molar-refractivity contribution in [1.29, 1.82) is 0 Å². The van der Waals surface area contributed by atoms with E-state index in [2.05, 4.69) is 0 Å². The first-order valence-corrected chi connectivity index (χ1v) is 5.48. The van der Waals surface area contributed by atoms with Crippen LogP contribution in [0.15, 0.2) is 12.1 Å². The lowest BCUT2D eigenvalue weighted by Crippen LogP contribution is -2.09. The maximum Gasteiger partial charge on any atom is 0.176 e. The van der Waals surface area contributed by atoms with E-state index in [4.69, 9.17) is 0 Å². The van der Waals surface area contributed by atoms with Gasteiger partial charge in [0.25, 0.3) is 0 Å². The van der Waals surface area contributed by atoms with E-state index in [-0.39, 0.29) is 5.78 Å². The number of carbonyl (C=O) groups is 1. The van der Waals surface area contributed by atoms with Gasteiger partial charge in [0.15, 0.2) is 5.78 Å². The first-order chi connectivity index (χ1) is 6.31. The van der Waals surface area contributed by atoms with E-state index in [1.807, 2.05) is 0 Å². The first-order valence-electron chi connectivity index (χ1n) is 3.90. The third kappa shape index (κ3) is 2.43. The molecular weight excluding hydrogens is 206 g/mol. The molecule has 0 radical (unpaired) electrons. The molecule has 0 unspecified atom stereocenters. The monoisotopic (exact) mass is 216 g/mol. The van der Waals surface area contributed by atoms with Crippen molar-refractivity contribution in [3.8, 4) is 0 Å². The van der Waals surface area contributed by atoms with Crippen LogP contribution in [0.1, 0.15) is 23.1 Å². The number of carbonyl (C=O) groups excluding carboxylic acids is 1. The molecule has 14 heavy (non-hydrogen) atoms. The van der Waals surface area contributed by atoms with Crippen molar-refractivity contribution in [3.63, 3.8) is 0 Å². The van der Waals surface area contributed by atoms with Gasteiger partial charge in [-0.25, -0.2) is 8.42 Å². The summed E-state index contributed by atoms with van der Waals surface area (Å²) in [5, 5.41) is 0. The summed E-state index contributed by atoms with van der Waals surface area (Å²) in [5.41, 5.74) is 0.717. The van der Waals surface area contributed by atoms with Crippen molar-refractivity contribution in [2.75, 3.05) is 0 Å². The molecule has 0 fully saturated rings. The van der Waals surface area contributed by atoms with Gasteiger partial charge in [-0.3, -0.25) is 4.79 Å². The Morgan fingerprint density at radius 1 is 1.50 bits per heavy atom. The van der Waals surface area contributed by atoms with Crippen LogP contribution in [0.4, 0.5) is 0 Å². The van der Waals surface area contributed by atoms with Gasteiger partial charge >= 0.3 is 0 Å². The van der Waals surface area contributed by atoms with Crippen LogP contribution >= 0.6 is 0 Å². The van der Waals surface area contributed by atoms with Crippen molar-refractivity contribution in [2.24, 2.45) is 7.05 Å². The fourth-order valence-electron chi connectivity index (χ4n) is 1.23. The van der Waals surface area contributed by atoms with Crippen LogP contribution in [0.3, 0.4) is 0 Å². The molecule has 0 aliphatic carbocycles. The molecule has 0 spiro atoms. The Balaban J connectivity index is 3.08. The van der Waals surface area contributed by atoms with Crippen LogP contribution in [0.5, 0.6) is 0 Å². The van der Waals surface area contributed by atoms with Gasteiger partial charge in [0.1, 0.15) is 10.1 Å². The molecule has 0 atom stereocenters. The van der Waals surface area contributed by atoms with Gasteiger partial charge in [-0.05, 0) is 12.1 Å². The van der Waals surface area contributed by atoms with E-state index in [9.17, 15) is 17.8 Å². The molecule has 0 aromatic carbocycles. The summed E-state index contributed by atoms with van der Waals surface area (Å²) in [6.07, 6.45) is 0. The van der Waals surface area contributed by atoms with Crippen molar-refractivity contribution < 1.29 is 17.8 Å². The quantitative estimate of drug-likeness (QED) is 0.536. The maximum absolute atomic E-state index is 11.0. The molecule has 5 nitrogen and oxygen atoms in total. The smallest absolute Gasteiger partial charge is 0.176 e. The molecule has 1 aromatic heterocycles. The zero-order valence-electron chi connectivity index (χ0n) is 7.85. The van der Waals surface area contributed by atoms with Crippen molar-refractivity contribution >= 4 is 15.9 Å². The molecule has 0 aliphatic rings. The lowest BCUT2D eigenvalue weighted by Gasteiger charge is -2.08. The molecule has 6 heteroatoms. The minimum absolute atomic E-state index is 0.165. The van der Waals surface area contributed by atoms with Crippen molar-refractivity contribution in [3.05, 3.63) is 23.5 Å². The molecule has 0 saturated heterocycles. The van der Waals surface area contributed by atoms with Gasteiger partial charge in [-0.15, -0.1) is 0 Å². The summed E-state index contributed by atoms with van der Waals surface area (Å²) < 4.78 is 32.8. The third-order valence-electron chi connectivity index (χ3n) is 1.91. The summed E-state index contributed by atoms with van der Waals surface area (Å²) in [5.74, 6) is -0.751. The van der Waals surface area contributed by atoms with E-state index >= 15 is 0 Å². The molecule has 0 amide bonds. The fourth-order valence-corrected chi connectivity index (χ4v) is 1.89. The fraction of sp³-hybridized carbons (Fsp3) is 0.375. The zero-order chi connectivity index (χ0) is 10.9. The molecule has 78 valence electrons. The Morgan fingerprint density at radius 2 is 2.07 bits per heavy atom. The third-order valence-corrected chi connectivity index (χ3v) is 2.56. The normalized spacial score (nSPS) is 11.6. The second-order valence-electron chi connectivity index (χ2n) is 3.03. The van der Waals surface area contributed by atoms with E-state index in [0.717, 1.165) is 0 Å². The Kier molecular flexibility index (Phi) is 2.77. The van der Waals surface area contributed by atoms with Crippen molar-refractivity contribution in [1.82, 2.24) is 4.57 Å². The second kappa shape index (κ2) is 3.55. The van der Waals surface area contributed by atoms with Gasteiger partial charge in [-0.2, -0.15) is 0 Å². The SMILES string of the molecule is CC(=O)c1ccc(CS(=O)(=O)[O-])n1C. The number of nitrogens with zero attached hydrogens (tertiary/aromatic N) is 1. The summed E-state index contributed by atoms with van der Waals surface area (Å²) in [6, 6.07) is 2.97. The van der Waals surface area contributed by atoms with Crippen LogP contribution in [-0.2, 0) is 22.9 Å². The zero-order valence-corrected chi connectivity index (χ0v) is 8.67. The molecule has 0 bridgehead atoms. The topological polar surface area (TPSA) is 79.2 Å². The number of ketones is 1. The number of aromatic nitrogens is 1. The van der Waals surface area contributed by atoms with Gasteiger partial charge in [0.05, 0.1) is 11.4 Å². The van der Waals surface area contributed by atoms with Crippen LogP contribution in [-0.4, -0.2) is 23.3 Å². The minimum atomic E-state index is -4.29. The van der Waals surface area contributed by atoms with E-state index in [1.165, 1.54) is 23.6 Å². The highest BCUT2D eigenvalue weighted by Gasteiger charge is 2.09. The van der Waals surface area contributed by atoms with Crippen molar-refractivity contribution in [2.45, 2.75) is 12.7 Å². The second-order valence-corrected chi connectivity index (χ2v) is 4.43. The van der Waals surface area contributed by atoms with Crippen LogP contribution in [0.25, 0.3) is 0 Å². The first kappa shape index (κ1) is 10.9. The Labute approximate surface area is 82.1 Å². The van der Waals surface area contributed by atoms with Gasteiger partial charge < -0.3 is 9.12 Å². The Morgan fingerprint density at radius 3 is 2.43 bits per heavy atom. The summed E-state index contributed by atoms with van der Waals surface area (Å²) >= 11 is 0. The molecule has 1 rings (SSSR count). The van der Waals surface area contributed by atoms with E-state index < -0.39 is 15.9 Å². The van der Waals surface area contributed by atoms with Crippen LogP contribution in [0.2, 0.25) is 0 Å². The highest BCUT2D eigenvalue weighted by molar-refractivity contribution is 7.84. The lowest BCUT2D eigenvalue weighted by atomic mass is 10.3. The molecule has 0 N–H and O–H groups in total. The van der Waals surface area contributed by atoms with Gasteiger partial charge in [0.2, 0.25) is 0 Å².